The Bertz CT molecular complexity index is 1120. The van der Waals surface area contributed by atoms with E-state index in [1.54, 1.807) is 66.1 Å². The van der Waals surface area contributed by atoms with Gasteiger partial charge in [-0.15, -0.1) is 0 Å². The van der Waals surface area contributed by atoms with Gasteiger partial charge in [0.05, 0.1) is 15.7 Å². The van der Waals surface area contributed by atoms with Gasteiger partial charge in [-0.3, -0.25) is 9.97 Å². The Morgan fingerprint density at radius 3 is 1.70 bits per heavy atom. The van der Waals surface area contributed by atoms with Gasteiger partial charge in [0.2, 0.25) is 0 Å². The fraction of sp³-hybridized carbons (Fsp3) is 0.524. The zero-order valence-corrected chi connectivity index (χ0v) is 22.3. The third-order valence-corrected chi connectivity index (χ3v) is 10.8. The second-order valence-electron chi connectivity index (χ2n) is 7.85. The quantitative estimate of drug-likeness (QED) is 0.481. The normalized spacial score (nSPS) is 12.1. The number of rotatable bonds is 8. The van der Waals surface area contributed by atoms with Crippen LogP contribution in [-0.2, 0) is 29.2 Å². The third kappa shape index (κ3) is 7.50. The molecule has 0 atom stereocenters. The Balaban J connectivity index is 0.000000607. The first kappa shape index (κ1) is 31.5. The van der Waals surface area contributed by atoms with Gasteiger partial charge < -0.3 is 9.68 Å². The Morgan fingerprint density at radius 2 is 1.30 bits per heavy atom. The van der Waals surface area contributed by atoms with E-state index >= 15 is 0 Å². The van der Waals surface area contributed by atoms with E-state index in [1.807, 2.05) is 0 Å². The second kappa shape index (κ2) is 12.3. The highest BCUT2D eigenvalue weighted by molar-refractivity contribution is 9.10. The van der Waals surface area contributed by atoms with Crippen LogP contribution in [-0.4, -0.2) is 51.0 Å². The molecule has 2 heterocycles. The largest absolute Gasteiger partial charge is 0.569 e. The lowest BCUT2D eigenvalue weighted by molar-refractivity contribution is 0.451. The number of halogens is 1. The van der Waals surface area contributed by atoms with Crippen molar-refractivity contribution in [3.05, 3.63) is 52.5 Å². The van der Waals surface area contributed by atoms with Gasteiger partial charge in [-0.05, 0) is 66.9 Å². The average Bonchev–Trinajstić information content (AvgIpc) is 2.74. The first-order valence-corrected chi connectivity index (χ1v) is 13.9. The number of hydrogen-bond acceptors (Lipinski definition) is 8. The van der Waals surface area contributed by atoms with E-state index in [9.17, 15) is 16.8 Å². The van der Waals surface area contributed by atoms with Crippen molar-refractivity contribution in [2.75, 3.05) is 11.5 Å². The smallest absolute Gasteiger partial charge is 0.536 e. The van der Waals surface area contributed by atoms with E-state index in [2.05, 4.69) is 25.9 Å². The molecule has 12 heteroatoms. The molecule has 0 fully saturated rings. The lowest BCUT2D eigenvalue weighted by Crippen LogP contribution is -2.30. The highest BCUT2D eigenvalue weighted by atomic mass is 79.9. The topological polar surface area (TPSA) is 124 Å². The van der Waals surface area contributed by atoms with Crippen molar-refractivity contribution in [3.63, 3.8) is 0 Å². The molecule has 0 saturated carbocycles. The molecule has 0 amide bonds. The fourth-order valence-corrected chi connectivity index (χ4v) is 5.45. The first-order valence-electron chi connectivity index (χ1n) is 9.80. The van der Waals surface area contributed by atoms with E-state index < -0.39 is 29.2 Å². The number of pyridine rings is 2. The van der Waals surface area contributed by atoms with Crippen molar-refractivity contribution in [1.29, 1.82) is 0 Å². The zero-order chi connectivity index (χ0) is 24.8. The number of aromatic nitrogens is 2. The van der Waals surface area contributed by atoms with Gasteiger partial charge in [0, 0.05) is 34.6 Å². The van der Waals surface area contributed by atoms with Crippen LogP contribution < -0.4 is 4.65 Å². The molecule has 185 valence electrons. The van der Waals surface area contributed by atoms with Crippen LogP contribution in [0.4, 0.5) is 0 Å². The molecule has 2 rings (SSSR count). The van der Waals surface area contributed by atoms with Gasteiger partial charge in [0.15, 0.2) is 19.7 Å². The van der Waals surface area contributed by atoms with Crippen LogP contribution in [0.3, 0.4) is 0 Å². The molecule has 2 aromatic heterocycles. The number of hydrogen-bond donors (Lipinski definition) is 1. The molecular formula is C21H33BBrN2O6S2. The first-order chi connectivity index (χ1) is 14.7. The average molecular weight is 564 g/mol. The highest BCUT2D eigenvalue weighted by Gasteiger charge is 2.35. The van der Waals surface area contributed by atoms with Gasteiger partial charge in [0.1, 0.15) is 5.75 Å². The maximum Gasteiger partial charge on any atom is 0.569 e. The van der Waals surface area contributed by atoms with E-state index in [0.29, 0.717) is 24.6 Å². The zero-order valence-electron chi connectivity index (χ0n) is 19.0. The highest BCUT2D eigenvalue weighted by Crippen LogP contribution is 2.32. The molecule has 1 N–H and O–H groups in total. The summed E-state index contributed by atoms with van der Waals surface area (Å²) in [7, 11) is -5.85. The lowest BCUT2D eigenvalue weighted by atomic mass is 10.0. The van der Waals surface area contributed by atoms with Crippen LogP contribution in [0.25, 0.3) is 0 Å². The standard InChI is InChI=1S/C10H15BNO4S.C10H14BrNO2S.CH4/c1-4-17(14,15)10(2,3)8-5-9(16-11-13)7-12-6-8;1-4-15(13,14)10(2,3)8-5-9(11)7-12-6-8;/h5-7,13H,4H2,1-3H3;5-7H,4H2,1-3H3;1H4. The predicted octanol–water partition coefficient (Wildman–Crippen LogP) is 3.81. The molecule has 1 radical (unpaired) electrons. The van der Waals surface area contributed by atoms with Crippen molar-refractivity contribution >= 4 is 43.3 Å². The van der Waals surface area contributed by atoms with Crippen molar-refractivity contribution in [2.45, 2.75) is 58.5 Å². The van der Waals surface area contributed by atoms with Crippen molar-refractivity contribution in [3.8, 4) is 5.75 Å². The van der Waals surface area contributed by atoms with Gasteiger partial charge in [-0.1, -0.05) is 21.3 Å². The maximum atomic E-state index is 12.0. The molecule has 2 aromatic rings. The molecule has 0 unspecified atom stereocenters. The summed E-state index contributed by atoms with van der Waals surface area (Å²) in [5.41, 5.74) is 1.23. The van der Waals surface area contributed by atoms with Crippen LogP contribution in [0.1, 0.15) is 60.1 Å². The van der Waals surface area contributed by atoms with Gasteiger partial charge in [-0.2, -0.15) is 0 Å². The Morgan fingerprint density at radius 1 is 0.879 bits per heavy atom. The molecule has 33 heavy (non-hydrogen) atoms. The monoisotopic (exact) mass is 563 g/mol. The maximum absolute atomic E-state index is 12.0. The minimum atomic E-state index is -3.25. The van der Waals surface area contributed by atoms with E-state index in [4.69, 9.17) is 9.68 Å². The number of nitrogens with zero attached hydrogens (tertiary/aromatic N) is 2. The van der Waals surface area contributed by atoms with Crippen molar-refractivity contribution < 1.29 is 26.5 Å². The molecule has 0 saturated heterocycles. The Kier molecular flexibility index (Phi) is 11.7. The molecule has 0 aromatic carbocycles. The predicted molar refractivity (Wildman–Crippen MR) is 136 cm³/mol. The summed E-state index contributed by atoms with van der Waals surface area (Å²) in [6, 6.07) is 3.34. The summed E-state index contributed by atoms with van der Waals surface area (Å²) >= 11 is 3.29. The van der Waals surface area contributed by atoms with Gasteiger partial charge in [0.25, 0.3) is 0 Å². The van der Waals surface area contributed by atoms with Crippen LogP contribution in [0.15, 0.2) is 41.4 Å². The molecular weight excluding hydrogens is 531 g/mol. The van der Waals surface area contributed by atoms with Crippen molar-refractivity contribution in [1.82, 2.24) is 9.97 Å². The summed E-state index contributed by atoms with van der Waals surface area (Å²) in [5.74, 6) is 0.480. The SMILES string of the molecule is C.CCS(=O)(=O)C(C)(C)c1cncc(Br)c1.CCS(=O)(=O)C(C)(C)c1cncc(O[B]O)c1. The Labute approximate surface area is 207 Å². The second-order valence-corrected chi connectivity index (χ2v) is 14.4. The van der Waals surface area contributed by atoms with Gasteiger partial charge >= 0.3 is 7.69 Å². The molecule has 0 bridgehead atoms. The lowest BCUT2D eigenvalue weighted by Gasteiger charge is -2.24. The summed E-state index contributed by atoms with van der Waals surface area (Å²) in [5, 5.41) is 8.53. The molecule has 8 nitrogen and oxygen atoms in total. The fourth-order valence-electron chi connectivity index (χ4n) is 2.70. The third-order valence-electron chi connectivity index (χ3n) is 5.31. The molecule has 0 aliphatic rings. The number of sulfone groups is 2. The van der Waals surface area contributed by atoms with Crippen LogP contribution in [0, 0.1) is 0 Å². The molecule has 0 aliphatic carbocycles. The Hall–Kier alpha value is -1.50. The summed E-state index contributed by atoms with van der Waals surface area (Å²) in [4.78, 5) is 7.88. The van der Waals surface area contributed by atoms with E-state index in [1.165, 1.54) is 12.4 Å². The van der Waals surface area contributed by atoms with E-state index in [-0.39, 0.29) is 18.9 Å². The van der Waals surface area contributed by atoms with E-state index in [0.717, 1.165) is 4.47 Å². The summed E-state index contributed by atoms with van der Waals surface area (Å²) < 4.78 is 51.3. The molecule has 0 spiro atoms. The summed E-state index contributed by atoms with van der Waals surface area (Å²) in [6.07, 6.45) is 6.11. The summed E-state index contributed by atoms with van der Waals surface area (Å²) in [6.45, 7) is 9.91. The van der Waals surface area contributed by atoms with Crippen molar-refractivity contribution in [2.24, 2.45) is 0 Å². The minimum absolute atomic E-state index is 0. The van der Waals surface area contributed by atoms with Crippen LogP contribution in [0.2, 0.25) is 0 Å². The van der Waals surface area contributed by atoms with Crippen LogP contribution in [0.5, 0.6) is 5.75 Å². The van der Waals surface area contributed by atoms with Gasteiger partial charge in [-0.25, -0.2) is 16.8 Å². The van der Waals surface area contributed by atoms with Crippen LogP contribution >= 0.6 is 15.9 Å². The molecule has 0 aliphatic heterocycles. The minimum Gasteiger partial charge on any atom is -0.536 e.